The molecule has 0 spiro atoms. The van der Waals surface area contributed by atoms with Gasteiger partial charge in [0.2, 0.25) is 5.91 Å². The maximum Gasteiger partial charge on any atom is 0.321 e. The number of hydrogen-bond donors (Lipinski definition) is 2. The zero-order valence-electron chi connectivity index (χ0n) is 11.8. The van der Waals surface area contributed by atoms with E-state index in [1.165, 1.54) is 0 Å². The van der Waals surface area contributed by atoms with Crippen LogP contribution >= 0.6 is 15.9 Å². The van der Waals surface area contributed by atoms with Crippen molar-refractivity contribution in [3.8, 4) is 0 Å². The molecule has 0 radical (unpaired) electrons. The van der Waals surface area contributed by atoms with Gasteiger partial charge in [0.25, 0.3) is 0 Å². The van der Waals surface area contributed by atoms with Gasteiger partial charge in [-0.1, -0.05) is 41.1 Å². The third-order valence-electron chi connectivity index (χ3n) is 2.60. The minimum atomic E-state index is -0.439. The fourth-order valence-electron chi connectivity index (χ4n) is 1.67. The van der Waals surface area contributed by atoms with Crippen molar-refractivity contribution in [1.82, 2.24) is 15.5 Å². The number of benzene rings is 1. The minimum absolute atomic E-state index is 0.168. The summed E-state index contributed by atoms with van der Waals surface area (Å²) in [6, 6.07) is 7.41. The lowest BCUT2D eigenvalue weighted by Crippen LogP contribution is -2.43. The highest BCUT2D eigenvalue weighted by Crippen LogP contribution is 2.16. The first-order valence-corrected chi connectivity index (χ1v) is 7.32. The Morgan fingerprint density at radius 3 is 2.65 bits per heavy atom. The molecule has 1 aromatic carbocycles. The normalized spacial score (nSPS) is 10.4. The topological polar surface area (TPSA) is 61.4 Å². The van der Waals surface area contributed by atoms with E-state index in [4.69, 9.17) is 0 Å². The Labute approximate surface area is 127 Å². The van der Waals surface area contributed by atoms with Crippen LogP contribution in [0.4, 0.5) is 4.79 Å². The van der Waals surface area contributed by atoms with Gasteiger partial charge < -0.3 is 5.32 Å². The van der Waals surface area contributed by atoms with Gasteiger partial charge >= 0.3 is 6.03 Å². The Balaban J connectivity index is 2.38. The van der Waals surface area contributed by atoms with Crippen molar-refractivity contribution in [2.75, 3.05) is 20.1 Å². The first kappa shape index (κ1) is 16.7. The molecule has 0 atom stereocenters. The second-order valence-corrected chi connectivity index (χ2v) is 5.42. The van der Waals surface area contributed by atoms with Crippen LogP contribution in [0.5, 0.6) is 0 Å². The molecule has 5 nitrogen and oxygen atoms in total. The Hall–Kier alpha value is -1.40. The molecule has 6 heteroatoms. The maximum absolute atomic E-state index is 11.7. The first-order valence-electron chi connectivity index (χ1n) is 6.52. The molecule has 0 aromatic heterocycles. The maximum atomic E-state index is 11.7. The van der Waals surface area contributed by atoms with Crippen molar-refractivity contribution < 1.29 is 9.59 Å². The number of carbonyl (C=O) groups is 2. The number of imide groups is 1. The summed E-state index contributed by atoms with van der Waals surface area (Å²) < 4.78 is 1.01. The molecule has 110 valence electrons. The van der Waals surface area contributed by atoms with Gasteiger partial charge in [-0.25, -0.2) is 4.79 Å². The Bertz CT molecular complexity index is 465. The summed E-state index contributed by atoms with van der Waals surface area (Å²) in [5, 5.41) is 4.90. The van der Waals surface area contributed by atoms with Gasteiger partial charge in [-0.05, 0) is 25.1 Å². The highest BCUT2D eigenvalue weighted by Gasteiger charge is 2.11. The molecule has 0 heterocycles. The molecule has 0 fully saturated rings. The summed E-state index contributed by atoms with van der Waals surface area (Å²) in [4.78, 5) is 24.9. The molecule has 1 rings (SSSR count). The summed E-state index contributed by atoms with van der Waals surface area (Å²) in [6.07, 6.45) is 0.837. The molecular formula is C14H20BrN3O2. The van der Waals surface area contributed by atoms with E-state index in [0.717, 1.165) is 16.5 Å². The first-order chi connectivity index (χ1) is 9.52. The van der Waals surface area contributed by atoms with Crippen LogP contribution in [-0.4, -0.2) is 37.0 Å². The molecular weight excluding hydrogens is 322 g/mol. The van der Waals surface area contributed by atoms with Crippen LogP contribution < -0.4 is 10.6 Å². The number of carbonyl (C=O) groups excluding carboxylic acids is 2. The van der Waals surface area contributed by atoms with Gasteiger partial charge in [0.05, 0.1) is 6.54 Å². The van der Waals surface area contributed by atoms with Crippen molar-refractivity contribution in [1.29, 1.82) is 0 Å². The van der Waals surface area contributed by atoms with Crippen LogP contribution in [0.2, 0.25) is 0 Å². The van der Waals surface area contributed by atoms with Crippen molar-refractivity contribution in [2.45, 2.75) is 19.9 Å². The lowest BCUT2D eigenvalue weighted by molar-refractivity contribution is -0.120. The van der Waals surface area contributed by atoms with Gasteiger partial charge in [-0.15, -0.1) is 0 Å². The van der Waals surface area contributed by atoms with Crippen molar-refractivity contribution in [3.63, 3.8) is 0 Å². The quantitative estimate of drug-likeness (QED) is 0.833. The fraction of sp³-hybridized carbons (Fsp3) is 0.429. The van der Waals surface area contributed by atoms with Crippen LogP contribution in [0.15, 0.2) is 28.7 Å². The van der Waals surface area contributed by atoms with Gasteiger partial charge in [0.15, 0.2) is 0 Å². The summed E-state index contributed by atoms with van der Waals surface area (Å²) in [6.45, 7) is 3.31. The third kappa shape index (κ3) is 6.16. The largest absolute Gasteiger partial charge is 0.338 e. The molecule has 20 heavy (non-hydrogen) atoms. The van der Waals surface area contributed by atoms with Crippen molar-refractivity contribution >= 4 is 27.9 Å². The van der Waals surface area contributed by atoms with E-state index in [2.05, 4.69) is 26.6 Å². The molecule has 0 unspecified atom stereocenters. The number of urea groups is 1. The van der Waals surface area contributed by atoms with E-state index >= 15 is 0 Å². The number of nitrogens with one attached hydrogen (secondary N) is 2. The van der Waals surface area contributed by atoms with Crippen LogP contribution in [0.3, 0.4) is 0 Å². The number of likely N-dealkylation sites (N-methyl/N-ethyl adjacent to an activating group) is 1. The van der Waals surface area contributed by atoms with E-state index in [9.17, 15) is 9.59 Å². The van der Waals surface area contributed by atoms with Crippen LogP contribution in [0, 0.1) is 0 Å². The van der Waals surface area contributed by atoms with E-state index in [1.54, 1.807) is 0 Å². The Kier molecular flexibility index (Phi) is 7.25. The smallest absolute Gasteiger partial charge is 0.321 e. The van der Waals surface area contributed by atoms with E-state index in [1.807, 2.05) is 43.1 Å². The van der Waals surface area contributed by atoms with E-state index < -0.39 is 6.03 Å². The molecule has 0 aliphatic rings. The van der Waals surface area contributed by atoms with Gasteiger partial charge in [0, 0.05) is 17.6 Å². The number of amides is 3. The summed E-state index contributed by atoms with van der Waals surface area (Å²) in [7, 11) is 1.84. The molecule has 0 aliphatic heterocycles. The molecule has 0 bridgehead atoms. The van der Waals surface area contributed by atoms with Crippen LogP contribution in [0.1, 0.15) is 18.9 Å². The second kappa shape index (κ2) is 8.71. The number of halogens is 1. The highest BCUT2D eigenvalue weighted by molar-refractivity contribution is 9.10. The number of hydrogen-bond acceptors (Lipinski definition) is 3. The minimum Gasteiger partial charge on any atom is -0.338 e. The fourth-order valence-corrected chi connectivity index (χ4v) is 2.08. The van der Waals surface area contributed by atoms with Crippen LogP contribution in [-0.2, 0) is 11.3 Å². The van der Waals surface area contributed by atoms with E-state index in [0.29, 0.717) is 13.1 Å². The average molecular weight is 342 g/mol. The second-order valence-electron chi connectivity index (χ2n) is 4.57. The van der Waals surface area contributed by atoms with Crippen molar-refractivity contribution in [3.05, 3.63) is 34.3 Å². The van der Waals surface area contributed by atoms with Gasteiger partial charge in [-0.2, -0.15) is 0 Å². The number of nitrogens with zero attached hydrogens (tertiary/aromatic N) is 1. The molecule has 0 saturated heterocycles. The van der Waals surface area contributed by atoms with E-state index in [-0.39, 0.29) is 12.5 Å². The molecule has 0 aliphatic carbocycles. The Morgan fingerprint density at radius 1 is 1.30 bits per heavy atom. The average Bonchev–Trinajstić information content (AvgIpc) is 2.38. The van der Waals surface area contributed by atoms with Crippen LogP contribution in [0.25, 0.3) is 0 Å². The third-order valence-corrected chi connectivity index (χ3v) is 3.37. The lowest BCUT2D eigenvalue weighted by Gasteiger charge is -2.17. The molecule has 2 N–H and O–H groups in total. The molecule has 3 amide bonds. The molecule has 1 aromatic rings. The summed E-state index contributed by atoms with van der Waals surface area (Å²) in [5.41, 5.74) is 1.10. The lowest BCUT2D eigenvalue weighted by atomic mass is 10.2. The monoisotopic (exact) mass is 341 g/mol. The standard InChI is InChI=1S/C14H20BrN3O2/c1-3-8-16-14(20)17-13(19)10-18(2)9-11-6-4-5-7-12(11)15/h4-7H,3,8-10H2,1-2H3,(H2,16,17,19,20). The van der Waals surface area contributed by atoms with Crippen molar-refractivity contribution in [2.24, 2.45) is 0 Å². The SMILES string of the molecule is CCCNC(=O)NC(=O)CN(C)Cc1ccccc1Br. The summed E-state index contributed by atoms with van der Waals surface area (Å²) >= 11 is 3.47. The Morgan fingerprint density at radius 2 is 2.00 bits per heavy atom. The predicted molar refractivity (Wildman–Crippen MR) is 82.3 cm³/mol. The van der Waals surface area contributed by atoms with Gasteiger partial charge in [-0.3, -0.25) is 15.0 Å². The number of rotatable bonds is 6. The zero-order valence-corrected chi connectivity index (χ0v) is 13.4. The predicted octanol–water partition coefficient (Wildman–Crippen LogP) is 2.12. The summed E-state index contributed by atoms with van der Waals surface area (Å²) in [5.74, 6) is -0.312. The zero-order chi connectivity index (χ0) is 15.0. The van der Waals surface area contributed by atoms with Gasteiger partial charge in [0.1, 0.15) is 0 Å². The molecule has 0 saturated carbocycles. The highest BCUT2D eigenvalue weighted by atomic mass is 79.9.